The number of likely N-dealkylation sites (tertiary alicyclic amines) is 1. The minimum atomic E-state index is -1.36. The number of hydrogen-bond acceptors (Lipinski definition) is 4. The highest BCUT2D eigenvalue weighted by Gasteiger charge is 2.42. The van der Waals surface area contributed by atoms with Gasteiger partial charge in [-0.15, -0.1) is 0 Å². The number of aliphatic hydroxyl groups excluding tert-OH is 1. The van der Waals surface area contributed by atoms with Gasteiger partial charge in [0.25, 0.3) is 5.91 Å². The van der Waals surface area contributed by atoms with Crippen LogP contribution in [-0.2, 0) is 11.3 Å². The molecule has 1 heterocycles. The van der Waals surface area contributed by atoms with Crippen LogP contribution in [0.15, 0.2) is 24.3 Å². The summed E-state index contributed by atoms with van der Waals surface area (Å²) in [5.41, 5.74) is 0.736. The molecular formula is C21H34N2O3. The zero-order valence-corrected chi connectivity index (χ0v) is 16.6. The molecule has 0 bridgehead atoms. The van der Waals surface area contributed by atoms with Crippen LogP contribution >= 0.6 is 0 Å². The average Bonchev–Trinajstić information content (AvgIpc) is 2.59. The maximum Gasteiger partial charge on any atom is 0.256 e. The van der Waals surface area contributed by atoms with Crippen LogP contribution in [0, 0.1) is 5.41 Å². The first kappa shape index (κ1) is 20.9. The van der Waals surface area contributed by atoms with Gasteiger partial charge in [-0.05, 0) is 29.9 Å². The van der Waals surface area contributed by atoms with E-state index in [0.717, 1.165) is 12.0 Å². The number of benzene rings is 1. The van der Waals surface area contributed by atoms with Crippen LogP contribution in [0.3, 0.4) is 0 Å². The van der Waals surface area contributed by atoms with Crippen LogP contribution in [0.1, 0.15) is 57.6 Å². The van der Waals surface area contributed by atoms with Crippen molar-refractivity contribution in [3.05, 3.63) is 35.4 Å². The van der Waals surface area contributed by atoms with Gasteiger partial charge < -0.3 is 20.4 Å². The molecule has 0 spiro atoms. The van der Waals surface area contributed by atoms with E-state index >= 15 is 0 Å². The van der Waals surface area contributed by atoms with Gasteiger partial charge in [0.2, 0.25) is 0 Å². The largest absolute Gasteiger partial charge is 0.396 e. The SMILES string of the molecule is CC(C)c1ccc(CN2CCCC(O)(CNCC(C)(C)CO)C2=O)cc1. The van der Waals surface area contributed by atoms with E-state index in [1.165, 1.54) is 5.56 Å². The van der Waals surface area contributed by atoms with E-state index in [1.807, 2.05) is 13.8 Å². The predicted molar refractivity (Wildman–Crippen MR) is 104 cm³/mol. The maximum atomic E-state index is 12.8. The van der Waals surface area contributed by atoms with Crippen molar-refractivity contribution in [2.45, 2.75) is 58.6 Å². The predicted octanol–water partition coefficient (Wildman–Crippen LogP) is 2.27. The summed E-state index contributed by atoms with van der Waals surface area (Å²) in [6, 6.07) is 8.36. The van der Waals surface area contributed by atoms with Crippen LogP contribution in [0.5, 0.6) is 0 Å². The molecule has 3 N–H and O–H groups in total. The average molecular weight is 363 g/mol. The summed E-state index contributed by atoms with van der Waals surface area (Å²) < 4.78 is 0. The van der Waals surface area contributed by atoms with E-state index in [-0.39, 0.29) is 24.5 Å². The molecule has 5 heteroatoms. The number of hydrogen-bond donors (Lipinski definition) is 3. The number of nitrogens with zero attached hydrogens (tertiary/aromatic N) is 1. The number of rotatable bonds is 8. The summed E-state index contributed by atoms with van der Waals surface area (Å²) in [5, 5.41) is 23.4. The molecule has 1 aliphatic heterocycles. The first-order chi connectivity index (χ1) is 12.2. The highest BCUT2D eigenvalue weighted by Crippen LogP contribution is 2.25. The van der Waals surface area contributed by atoms with Crippen LogP contribution in [-0.4, -0.2) is 52.9 Å². The Morgan fingerprint density at radius 1 is 1.27 bits per heavy atom. The lowest BCUT2D eigenvalue weighted by molar-refractivity contribution is -0.157. The Morgan fingerprint density at radius 3 is 2.50 bits per heavy atom. The normalized spacial score (nSPS) is 21.5. The molecule has 0 radical (unpaired) electrons. The van der Waals surface area contributed by atoms with Crippen molar-refractivity contribution < 1.29 is 15.0 Å². The highest BCUT2D eigenvalue weighted by atomic mass is 16.3. The van der Waals surface area contributed by atoms with E-state index < -0.39 is 5.60 Å². The topological polar surface area (TPSA) is 72.8 Å². The van der Waals surface area contributed by atoms with Crippen LogP contribution < -0.4 is 5.32 Å². The number of piperidine rings is 1. The monoisotopic (exact) mass is 362 g/mol. The summed E-state index contributed by atoms with van der Waals surface area (Å²) in [5.74, 6) is 0.283. The van der Waals surface area contributed by atoms with E-state index in [2.05, 4.69) is 43.4 Å². The molecule has 26 heavy (non-hydrogen) atoms. The standard InChI is InChI=1S/C21H34N2O3/c1-16(2)18-8-6-17(7-9-18)12-23-11-5-10-21(26,19(23)25)14-22-13-20(3,4)15-24/h6-9,16,22,24,26H,5,10-15H2,1-4H3. The highest BCUT2D eigenvalue weighted by molar-refractivity contribution is 5.86. The summed E-state index contributed by atoms with van der Waals surface area (Å²) in [7, 11) is 0. The Hall–Kier alpha value is -1.43. The van der Waals surface area contributed by atoms with E-state index in [1.54, 1.807) is 4.90 Å². The van der Waals surface area contributed by atoms with Crippen molar-refractivity contribution in [2.24, 2.45) is 5.41 Å². The molecular weight excluding hydrogens is 328 g/mol. The minimum Gasteiger partial charge on any atom is -0.396 e. The number of carbonyl (C=O) groups excluding carboxylic acids is 1. The molecule has 1 aromatic carbocycles. The zero-order chi connectivity index (χ0) is 19.4. The third-order valence-electron chi connectivity index (χ3n) is 5.17. The second kappa shape index (κ2) is 8.51. The lowest BCUT2D eigenvalue weighted by Gasteiger charge is -2.39. The van der Waals surface area contributed by atoms with Gasteiger partial charge in [0.05, 0.1) is 0 Å². The summed E-state index contributed by atoms with van der Waals surface area (Å²) in [6.45, 7) is 10.2. The van der Waals surface area contributed by atoms with E-state index in [4.69, 9.17) is 0 Å². The Labute approximate surface area is 157 Å². The van der Waals surface area contributed by atoms with Crippen LogP contribution in [0.25, 0.3) is 0 Å². The van der Waals surface area contributed by atoms with Crippen LogP contribution in [0.2, 0.25) is 0 Å². The fourth-order valence-electron chi connectivity index (χ4n) is 3.27. The van der Waals surface area contributed by atoms with Crippen molar-refractivity contribution >= 4 is 5.91 Å². The molecule has 146 valence electrons. The lowest BCUT2D eigenvalue weighted by Crippen LogP contribution is -2.58. The number of nitrogens with one attached hydrogen (secondary N) is 1. The van der Waals surface area contributed by atoms with E-state index in [0.29, 0.717) is 32.0 Å². The van der Waals surface area contributed by atoms with Crippen molar-refractivity contribution in [1.29, 1.82) is 0 Å². The number of carbonyl (C=O) groups is 1. The summed E-state index contributed by atoms with van der Waals surface area (Å²) in [4.78, 5) is 14.6. The zero-order valence-electron chi connectivity index (χ0n) is 16.6. The molecule has 1 unspecified atom stereocenters. The molecule has 5 nitrogen and oxygen atoms in total. The second-order valence-corrected chi connectivity index (χ2v) is 8.68. The van der Waals surface area contributed by atoms with Gasteiger partial charge in [0, 0.05) is 38.2 Å². The molecule has 1 atom stereocenters. The van der Waals surface area contributed by atoms with Crippen molar-refractivity contribution in [3.8, 4) is 0 Å². The summed E-state index contributed by atoms with van der Waals surface area (Å²) >= 11 is 0. The lowest BCUT2D eigenvalue weighted by atomic mass is 9.90. The van der Waals surface area contributed by atoms with E-state index in [9.17, 15) is 15.0 Å². The molecule has 1 aliphatic rings. The number of aliphatic hydroxyl groups is 2. The molecule has 0 saturated carbocycles. The van der Waals surface area contributed by atoms with Gasteiger partial charge in [-0.3, -0.25) is 4.79 Å². The first-order valence-electron chi connectivity index (χ1n) is 9.59. The molecule has 1 saturated heterocycles. The third-order valence-corrected chi connectivity index (χ3v) is 5.17. The molecule has 0 aromatic heterocycles. The fraction of sp³-hybridized carbons (Fsp3) is 0.667. The smallest absolute Gasteiger partial charge is 0.256 e. The van der Waals surface area contributed by atoms with Crippen molar-refractivity contribution in [3.63, 3.8) is 0 Å². The Bertz CT molecular complexity index is 598. The quantitative estimate of drug-likeness (QED) is 0.663. The minimum absolute atomic E-state index is 0.0604. The molecule has 1 fully saturated rings. The van der Waals surface area contributed by atoms with Gasteiger partial charge in [-0.2, -0.15) is 0 Å². The maximum absolute atomic E-state index is 12.8. The van der Waals surface area contributed by atoms with Gasteiger partial charge in [-0.1, -0.05) is 52.0 Å². The van der Waals surface area contributed by atoms with Gasteiger partial charge in [-0.25, -0.2) is 0 Å². The van der Waals surface area contributed by atoms with Gasteiger partial charge in [0.1, 0.15) is 0 Å². The van der Waals surface area contributed by atoms with Gasteiger partial charge in [0.15, 0.2) is 5.60 Å². The van der Waals surface area contributed by atoms with Gasteiger partial charge >= 0.3 is 0 Å². The summed E-state index contributed by atoms with van der Waals surface area (Å²) in [6.07, 6.45) is 1.26. The fourth-order valence-corrected chi connectivity index (χ4v) is 3.27. The van der Waals surface area contributed by atoms with Crippen LogP contribution in [0.4, 0.5) is 0 Å². The molecule has 1 amide bonds. The van der Waals surface area contributed by atoms with Crippen molar-refractivity contribution in [2.75, 3.05) is 26.2 Å². The molecule has 2 rings (SSSR count). The Balaban J connectivity index is 1.97. The Kier molecular flexibility index (Phi) is 6.83. The molecule has 0 aliphatic carbocycles. The number of amides is 1. The Morgan fingerprint density at radius 2 is 1.92 bits per heavy atom. The van der Waals surface area contributed by atoms with Crippen molar-refractivity contribution in [1.82, 2.24) is 10.2 Å². The second-order valence-electron chi connectivity index (χ2n) is 8.68. The molecule has 1 aromatic rings. The first-order valence-corrected chi connectivity index (χ1v) is 9.59. The third kappa shape index (κ3) is 5.29.